The number of carbonyl (C=O) groups excluding carboxylic acids is 1. The average molecular weight is 214 g/mol. The van der Waals surface area contributed by atoms with Gasteiger partial charge in [0.05, 0.1) is 23.6 Å². The van der Waals surface area contributed by atoms with Crippen molar-refractivity contribution in [2.45, 2.75) is 0 Å². The molecule has 0 radical (unpaired) electrons. The molecule has 0 aliphatic carbocycles. The monoisotopic (exact) mass is 214 g/mol. The number of hydrogen-bond acceptors (Lipinski definition) is 4. The lowest BCUT2D eigenvalue weighted by Gasteiger charge is -2.04. The fourth-order valence-electron chi connectivity index (χ4n) is 1.37. The molecule has 0 aliphatic heterocycles. The number of aromatic nitrogens is 2. The largest absolute Gasteiger partial charge is 0.396 e. The Morgan fingerprint density at radius 2 is 1.75 bits per heavy atom. The van der Waals surface area contributed by atoms with Crippen molar-refractivity contribution in [2.75, 3.05) is 5.73 Å². The summed E-state index contributed by atoms with van der Waals surface area (Å²) in [6, 6.07) is 6.91. The second kappa shape index (κ2) is 3.98. The first-order chi connectivity index (χ1) is 7.68. The minimum atomic E-state index is -0.504. The Labute approximate surface area is 92.1 Å². The summed E-state index contributed by atoms with van der Waals surface area (Å²) in [4.78, 5) is 19.3. The summed E-state index contributed by atoms with van der Waals surface area (Å²) in [5.41, 5.74) is 12.2. The zero-order valence-electron chi connectivity index (χ0n) is 8.42. The van der Waals surface area contributed by atoms with Gasteiger partial charge in [-0.15, -0.1) is 0 Å². The van der Waals surface area contributed by atoms with Crippen molar-refractivity contribution >= 4 is 11.6 Å². The van der Waals surface area contributed by atoms with E-state index in [0.717, 1.165) is 0 Å². The molecule has 0 aliphatic rings. The van der Waals surface area contributed by atoms with Crippen LogP contribution in [-0.4, -0.2) is 15.9 Å². The molecule has 1 aromatic heterocycles. The lowest BCUT2D eigenvalue weighted by atomic mass is 10.1. The molecule has 0 unspecified atom stereocenters. The fraction of sp³-hybridized carbons (Fsp3) is 0. The lowest BCUT2D eigenvalue weighted by molar-refractivity contribution is 0.100. The van der Waals surface area contributed by atoms with E-state index >= 15 is 0 Å². The van der Waals surface area contributed by atoms with E-state index in [1.807, 2.05) is 0 Å². The number of benzene rings is 1. The molecule has 4 N–H and O–H groups in total. The van der Waals surface area contributed by atoms with Gasteiger partial charge in [0.15, 0.2) is 5.82 Å². The highest BCUT2D eigenvalue weighted by atomic mass is 16.1. The van der Waals surface area contributed by atoms with E-state index in [-0.39, 0.29) is 0 Å². The number of rotatable bonds is 2. The molecule has 0 atom stereocenters. The predicted molar refractivity (Wildman–Crippen MR) is 60.4 cm³/mol. The molecule has 2 rings (SSSR count). The molecule has 2 aromatic rings. The summed E-state index contributed by atoms with van der Waals surface area (Å²) in [6.45, 7) is 0. The van der Waals surface area contributed by atoms with Crippen molar-refractivity contribution in [1.29, 1.82) is 0 Å². The van der Waals surface area contributed by atoms with Crippen molar-refractivity contribution < 1.29 is 4.79 Å². The minimum Gasteiger partial charge on any atom is -0.396 e. The number of primary amides is 1. The van der Waals surface area contributed by atoms with Gasteiger partial charge in [-0.2, -0.15) is 0 Å². The van der Waals surface area contributed by atoms with Gasteiger partial charge in [0.2, 0.25) is 5.91 Å². The third-order valence-corrected chi connectivity index (χ3v) is 2.11. The molecule has 0 saturated heterocycles. The SMILES string of the molecule is NC(=O)c1ccccc1-c1ncc(N)cn1. The lowest BCUT2D eigenvalue weighted by Crippen LogP contribution is -2.12. The van der Waals surface area contributed by atoms with Gasteiger partial charge >= 0.3 is 0 Å². The maximum atomic E-state index is 11.2. The molecule has 5 heteroatoms. The van der Waals surface area contributed by atoms with Crippen LogP contribution in [0.25, 0.3) is 11.4 Å². The number of carbonyl (C=O) groups is 1. The average Bonchev–Trinajstić information content (AvgIpc) is 2.30. The van der Waals surface area contributed by atoms with Crippen LogP contribution in [0.4, 0.5) is 5.69 Å². The number of nitrogens with zero attached hydrogens (tertiary/aromatic N) is 2. The third kappa shape index (κ3) is 1.83. The Hall–Kier alpha value is -2.43. The van der Waals surface area contributed by atoms with E-state index in [9.17, 15) is 4.79 Å². The molecule has 0 fully saturated rings. The van der Waals surface area contributed by atoms with Crippen molar-refractivity contribution in [3.8, 4) is 11.4 Å². The van der Waals surface area contributed by atoms with Crippen molar-refractivity contribution in [3.05, 3.63) is 42.2 Å². The Balaban J connectivity index is 2.55. The van der Waals surface area contributed by atoms with Gasteiger partial charge in [0.1, 0.15) is 0 Å². The molecular weight excluding hydrogens is 204 g/mol. The number of nitrogens with two attached hydrogens (primary N) is 2. The van der Waals surface area contributed by atoms with Crippen LogP contribution >= 0.6 is 0 Å². The first kappa shape index (κ1) is 10.1. The zero-order valence-corrected chi connectivity index (χ0v) is 8.42. The molecule has 1 aromatic carbocycles. The molecule has 80 valence electrons. The quantitative estimate of drug-likeness (QED) is 0.773. The Morgan fingerprint density at radius 1 is 1.12 bits per heavy atom. The molecule has 5 nitrogen and oxygen atoms in total. The van der Waals surface area contributed by atoms with E-state index in [0.29, 0.717) is 22.6 Å². The van der Waals surface area contributed by atoms with E-state index in [2.05, 4.69) is 9.97 Å². The molecular formula is C11H10N4O. The van der Waals surface area contributed by atoms with E-state index in [4.69, 9.17) is 11.5 Å². The summed E-state index contributed by atoms with van der Waals surface area (Å²) in [5, 5.41) is 0. The van der Waals surface area contributed by atoms with Crippen molar-refractivity contribution in [1.82, 2.24) is 9.97 Å². The molecule has 1 amide bonds. The predicted octanol–water partition coefficient (Wildman–Crippen LogP) is 0.825. The highest BCUT2D eigenvalue weighted by molar-refractivity contribution is 5.98. The zero-order chi connectivity index (χ0) is 11.5. The van der Waals surface area contributed by atoms with Crippen LogP contribution in [0.5, 0.6) is 0 Å². The van der Waals surface area contributed by atoms with Gasteiger partial charge in [0.25, 0.3) is 0 Å². The van der Waals surface area contributed by atoms with Gasteiger partial charge < -0.3 is 11.5 Å². The van der Waals surface area contributed by atoms with E-state index in [1.165, 1.54) is 12.4 Å². The maximum absolute atomic E-state index is 11.2. The van der Waals surface area contributed by atoms with Crippen molar-refractivity contribution in [3.63, 3.8) is 0 Å². The molecule has 16 heavy (non-hydrogen) atoms. The minimum absolute atomic E-state index is 0.396. The second-order valence-corrected chi connectivity index (χ2v) is 3.25. The Morgan fingerprint density at radius 3 is 2.38 bits per heavy atom. The highest BCUT2D eigenvalue weighted by Gasteiger charge is 2.10. The molecule has 1 heterocycles. The Bertz CT molecular complexity index is 522. The second-order valence-electron chi connectivity index (χ2n) is 3.25. The molecule has 0 spiro atoms. The third-order valence-electron chi connectivity index (χ3n) is 2.11. The van der Waals surface area contributed by atoms with E-state index in [1.54, 1.807) is 24.3 Å². The van der Waals surface area contributed by atoms with Crippen LogP contribution < -0.4 is 11.5 Å². The van der Waals surface area contributed by atoms with Crippen LogP contribution in [0.2, 0.25) is 0 Å². The topological polar surface area (TPSA) is 94.9 Å². The molecule has 0 saturated carbocycles. The number of anilines is 1. The summed E-state index contributed by atoms with van der Waals surface area (Å²) >= 11 is 0. The standard InChI is InChI=1S/C11H10N4O/c12-7-5-14-11(15-6-7)9-4-2-1-3-8(9)10(13)16/h1-6H,12H2,(H2,13,16). The molecule has 0 bridgehead atoms. The normalized spacial score (nSPS) is 10.0. The number of amides is 1. The fourth-order valence-corrected chi connectivity index (χ4v) is 1.37. The van der Waals surface area contributed by atoms with Gasteiger partial charge in [-0.3, -0.25) is 4.79 Å². The smallest absolute Gasteiger partial charge is 0.249 e. The number of hydrogen-bond donors (Lipinski definition) is 2. The summed E-state index contributed by atoms with van der Waals surface area (Å²) < 4.78 is 0. The summed E-state index contributed by atoms with van der Waals surface area (Å²) in [6.07, 6.45) is 2.97. The first-order valence-corrected chi connectivity index (χ1v) is 4.65. The van der Waals surface area contributed by atoms with Crippen molar-refractivity contribution in [2.24, 2.45) is 5.73 Å². The van der Waals surface area contributed by atoms with Gasteiger partial charge in [0, 0.05) is 5.56 Å². The van der Waals surface area contributed by atoms with Crippen LogP contribution in [0.1, 0.15) is 10.4 Å². The summed E-state index contributed by atoms with van der Waals surface area (Å²) in [7, 11) is 0. The summed E-state index contributed by atoms with van der Waals surface area (Å²) in [5.74, 6) is -0.0698. The first-order valence-electron chi connectivity index (χ1n) is 4.65. The highest BCUT2D eigenvalue weighted by Crippen LogP contribution is 2.19. The Kier molecular flexibility index (Phi) is 2.51. The van der Waals surface area contributed by atoms with Crippen LogP contribution in [-0.2, 0) is 0 Å². The van der Waals surface area contributed by atoms with Crippen LogP contribution in [0, 0.1) is 0 Å². The number of nitrogen functional groups attached to an aromatic ring is 1. The maximum Gasteiger partial charge on any atom is 0.249 e. The van der Waals surface area contributed by atoms with Gasteiger partial charge in [-0.25, -0.2) is 9.97 Å². The van der Waals surface area contributed by atoms with Crippen LogP contribution in [0.15, 0.2) is 36.7 Å². The van der Waals surface area contributed by atoms with E-state index < -0.39 is 5.91 Å². The van der Waals surface area contributed by atoms with Gasteiger partial charge in [-0.1, -0.05) is 18.2 Å². The van der Waals surface area contributed by atoms with Crippen LogP contribution in [0.3, 0.4) is 0 Å². The van der Waals surface area contributed by atoms with Gasteiger partial charge in [-0.05, 0) is 6.07 Å².